The van der Waals surface area contributed by atoms with Crippen LogP contribution >= 0.6 is 12.2 Å². The molecule has 1 aromatic carbocycles. The maximum atomic E-state index is 12.0. The number of hydrogen-bond donors (Lipinski definition) is 2. The summed E-state index contributed by atoms with van der Waals surface area (Å²) in [6, 6.07) is 6.79. The van der Waals surface area contributed by atoms with Crippen molar-refractivity contribution in [1.82, 2.24) is 14.9 Å². The lowest BCUT2D eigenvalue weighted by atomic mass is 10.1. The summed E-state index contributed by atoms with van der Waals surface area (Å²) in [5, 5.41) is 11.8. The first-order chi connectivity index (χ1) is 9.93. The smallest absolute Gasteiger partial charge is 0.261 e. The molecule has 0 radical (unpaired) electrons. The van der Waals surface area contributed by atoms with Crippen LogP contribution < -0.4 is 10.9 Å². The minimum absolute atomic E-state index is 0.209. The van der Waals surface area contributed by atoms with Crippen LogP contribution in [0.5, 0.6) is 0 Å². The highest BCUT2D eigenvalue weighted by atomic mass is 32.1. The number of hydrogen-bond acceptors (Lipinski definition) is 4. The second kappa shape index (κ2) is 5.89. The molecule has 0 aliphatic carbocycles. The molecule has 0 fully saturated rings. The van der Waals surface area contributed by atoms with Gasteiger partial charge in [-0.05, 0) is 37.3 Å². The van der Waals surface area contributed by atoms with Crippen LogP contribution in [0.3, 0.4) is 0 Å². The Balaban J connectivity index is 2.38. The van der Waals surface area contributed by atoms with Crippen molar-refractivity contribution in [2.45, 2.75) is 6.92 Å². The van der Waals surface area contributed by atoms with E-state index in [2.05, 4.69) is 10.3 Å². The van der Waals surface area contributed by atoms with Crippen LogP contribution in [-0.4, -0.2) is 22.0 Å². The molecule has 21 heavy (non-hydrogen) atoms. The van der Waals surface area contributed by atoms with E-state index in [1.807, 2.05) is 6.07 Å². The number of H-pyrrole nitrogens is 1. The van der Waals surface area contributed by atoms with Gasteiger partial charge in [-0.3, -0.25) is 14.2 Å². The Hall–Kier alpha value is -2.46. The highest BCUT2D eigenvalue weighted by molar-refractivity contribution is 7.71. The highest BCUT2D eigenvalue weighted by Gasteiger charge is 2.10. The normalized spacial score (nSPS) is 11.9. The van der Waals surface area contributed by atoms with Gasteiger partial charge < -0.3 is 10.3 Å². The van der Waals surface area contributed by atoms with E-state index in [1.165, 1.54) is 4.57 Å². The third kappa shape index (κ3) is 3.01. The lowest BCUT2D eigenvalue weighted by Crippen LogP contribution is -2.28. The van der Waals surface area contributed by atoms with Gasteiger partial charge in [-0.15, -0.1) is 0 Å². The summed E-state index contributed by atoms with van der Waals surface area (Å²) in [5.74, 6) is -0.550. The zero-order chi connectivity index (χ0) is 15.6. The Labute approximate surface area is 126 Å². The molecule has 108 valence electrons. The Kier molecular flexibility index (Phi) is 4.19. The third-order valence-corrected chi connectivity index (χ3v) is 3.53. The van der Waals surface area contributed by atoms with Crippen LogP contribution in [0.25, 0.3) is 10.9 Å². The van der Waals surface area contributed by atoms with Gasteiger partial charge in [0.15, 0.2) is 4.77 Å². The van der Waals surface area contributed by atoms with Gasteiger partial charge in [-0.25, -0.2) is 0 Å². The highest BCUT2D eigenvalue weighted by Crippen LogP contribution is 2.10. The molecule has 7 heteroatoms. The van der Waals surface area contributed by atoms with Crippen molar-refractivity contribution in [3.8, 4) is 6.07 Å². The van der Waals surface area contributed by atoms with Gasteiger partial charge in [0, 0.05) is 19.2 Å². The predicted octanol–water partition coefficient (Wildman–Crippen LogP) is 1.49. The number of aromatic nitrogens is 2. The monoisotopic (exact) mass is 302 g/mol. The van der Waals surface area contributed by atoms with E-state index in [9.17, 15) is 9.59 Å². The molecule has 2 aromatic rings. The average Bonchev–Trinajstić information content (AvgIpc) is 2.49. The molecule has 0 aliphatic heterocycles. The van der Waals surface area contributed by atoms with Crippen molar-refractivity contribution in [1.29, 1.82) is 5.26 Å². The molecule has 6 nitrogen and oxygen atoms in total. The number of rotatable bonds is 3. The summed E-state index contributed by atoms with van der Waals surface area (Å²) in [7, 11) is 1.59. The maximum absolute atomic E-state index is 12.0. The molecule has 1 heterocycles. The number of carbonyl (C=O) groups is 1. The fourth-order valence-corrected chi connectivity index (χ4v) is 2.03. The Morgan fingerprint density at radius 1 is 1.57 bits per heavy atom. The van der Waals surface area contributed by atoms with Gasteiger partial charge in [0.1, 0.15) is 0 Å². The maximum Gasteiger partial charge on any atom is 0.261 e. The second-order valence-corrected chi connectivity index (χ2v) is 5.18. The molecule has 0 bridgehead atoms. The molecule has 1 amide bonds. The van der Waals surface area contributed by atoms with Crippen molar-refractivity contribution >= 4 is 29.0 Å². The van der Waals surface area contributed by atoms with E-state index in [1.54, 1.807) is 32.2 Å². The first-order valence-electron chi connectivity index (χ1n) is 6.35. The largest absolute Gasteiger partial charge is 0.351 e. The van der Waals surface area contributed by atoms with E-state index >= 15 is 0 Å². The summed E-state index contributed by atoms with van der Waals surface area (Å²) in [4.78, 5) is 26.9. The standard InChI is InChI=1S/C14H14N4O2S/c1-8(6-15)7-16-12(19)9-3-4-10-11(5-9)17-14(21)18(2)13(10)20/h3-5,8H,7H2,1-2H3,(H,16,19)(H,17,21). The number of benzene rings is 1. The SMILES string of the molecule is CC(C#N)CNC(=O)c1ccc2c(=O)n(C)c(=S)[nH]c2c1. The summed E-state index contributed by atoms with van der Waals surface area (Å²) < 4.78 is 1.63. The summed E-state index contributed by atoms with van der Waals surface area (Å²) in [6.45, 7) is 2.00. The summed E-state index contributed by atoms with van der Waals surface area (Å²) in [6.07, 6.45) is 0. The molecule has 1 atom stereocenters. The van der Waals surface area contributed by atoms with Crippen LogP contribution in [0.4, 0.5) is 0 Å². The minimum Gasteiger partial charge on any atom is -0.351 e. The van der Waals surface area contributed by atoms with Crippen molar-refractivity contribution in [3.05, 3.63) is 38.9 Å². The zero-order valence-electron chi connectivity index (χ0n) is 11.6. The van der Waals surface area contributed by atoms with Crippen LogP contribution in [0, 0.1) is 22.0 Å². The van der Waals surface area contributed by atoms with Gasteiger partial charge in [0.05, 0.1) is 22.9 Å². The van der Waals surface area contributed by atoms with E-state index in [-0.39, 0.29) is 23.9 Å². The topological polar surface area (TPSA) is 90.7 Å². The molecular formula is C14H14N4O2S. The minimum atomic E-state index is -0.293. The van der Waals surface area contributed by atoms with E-state index < -0.39 is 0 Å². The number of nitrogens with zero attached hydrogens (tertiary/aromatic N) is 2. The first kappa shape index (κ1) is 14.9. The Bertz CT molecular complexity index is 860. The fourth-order valence-electron chi connectivity index (χ4n) is 1.84. The quantitative estimate of drug-likeness (QED) is 0.840. The molecule has 2 N–H and O–H groups in total. The molecule has 0 spiro atoms. The zero-order valence-corrected chi connectivity index (χ0v) is 12.5. The Morgan fingerprint density at radius 3 is 2.95 bits per heavy atom. The lowest BCUT2D eigenvalue weighted by molar-refractivity contribution is 0.0951. The van der Waals surface area contributed by atoms with Crippen molar-refractivity contribution in [2.75, 3.05) is 6.54 Å². The van der Waals surface area contributed by atoms with E-state index in [0.29, 0.717) is 21.2 Å². The fraction of sp³-hybridized carbons (Fsp3) is 0.286. The number of carbonyl (C=O) groups excluding carboxylic acids is 1. The van der Waals surface area contributed by atoms with Crippen LogP contribution in [0.1, 0.15) is 17.3 Å². The average molecular weight is 302 g/mol. The Morgan fingerprint density at radius 2 is 2.29 bits per heavy atom. The van der Waals surface area contributed by atoms with Crippen LogP contribution in [-0.2, 0) is 7.05 Å². The first-order valence-corrected chi connectivity index (χ1v) is 6.75. The van der Waals surface area contributed by atoms with Gasteiger partial charge in [0.2, 0.25) is 0 Å². The molecule has 2 rings (SSSR count). The lowest BCUT2D eigenvalue weighted by Gasteiger charge is -2.08. The molecule has 0 saturated carbocycles. The van der Waals surface area contributed by atoms with Crippen molar-refractivity contribution in [2.24, 2.45) is 13.0 Å². The van der Waals surface area contributed by atoms with E-state index in [0.717, 1.165) is 0 Å². The number of amides is 1. The van der Waals surface area contributed by atoms with Crippen LogP contribution in [0.15, 0.2) is 23.0 Å². The summed E-state index contributed by atoms with van der Waals surface area (Å²) >= 11 is 5.05. The number of fused-ring (bicyclic) bond motifs is 1. The van der Waals surface area contributed by atoms with Gasteiger partial charge in [0.25, 0.3) is 11.5 Å². The number of nitrogens with one attached hydrogen (secondary N) is 2. The molecule has 1 unspecified atom stereocenters. The molecule has 0 saturated heterocycles. The number of nitriles is 1. The van der Waals surface area contributed by atoms with Crippen LogP contribution in [0.2, 0.25) is 0 Å². The molecular weight excluding hydrogens is 288 g/mol. The third-order valence-electron chi connectivity index (χ3n) is 3.15. The van der Waals surface area contributed by atoms with Gasteiger partial charge in [-0.2, -0.15) is 5.26 Å². The summed E-state index contributed by atoms with van der Waals surface area (Å²) in [5.41, 5.74) is 0.717. The van der Waals surface area contributed by atoms with Crippen molar-refractivity contribution in [3.63, 3.8) is 0 Å². The number of aromatic amines is 1. The van der Waals surface area contributed by atoms with E-state index in [4.69, 9.17) is 17.5 Å². The van der Waals surface area contributed by atoms with Gasteiger partial charge in [-0.1, -0.05) is 0 Å². The molecule has 1 aromatic heterocycles. The molecule has 0 aliphatic rings. The van der Waals surface area contributed by atoms with Gasteiger partial charge >= 0.3 is 0 Å². The van der Waals surface area contributed by atoms with Crippen molar-refractivity contribution < 1.29 is 4.79 Å². The second-order valence-electron chi connectivity index (χ2n) is 4.79. The predicted molar refractivity (Wildman–Crippen MR) is 81.5 cm³/mol.